The molecule has 2 fully saturated rings. The van der Waals surface area contributed by atoms with Crippen molar-refractivity contribution in [2.75, 3.05) is 19.6 Å². The number of hydrogen-bond donors (Lipinski definition) is 1. The van der Waals surface area contributed by atoms with Gasteiger partial charge in [0.05, 0.1) is 5.69 Å². The van der Waals surface area contributed by atoms with E-state index < -0.39 is 0 Å². The molecule has 134 valence electrons. The van der Waals surface area contributed by atoms with E-state index in [2.05, 4.69) is 15.4 Å². The normalized spacial score (nSPS) is 18.9. The van der Waals surface area contributed by atoms with Crippen molar-refractivity contribution in [2.24, 2.45) is 5.92 Å². The fraction of sp³-hybridized carbons (Fsp3) is 0.632. The number of amides is 1. The second kappa shape index (κ2) is 6.41. The lowest BCUT2D eigenvalue weighted by atomic mass is 10.0. The highest BCUT2D eigenvalue weighted by atomic mass is 16.2. The van der Waals surface area contributed by atoms with Crippen LogP contribution in [-0.2, 0) is 0 Å². The van der Waals surface area contributed by atoms with Crippen molar-refractivity contribution < 1.29 is 4.79 Å². The van der Waals surface area contributed by atoms with Gasteiger partial charge >= 0.3 is 0 Å². The Kier molecular flexibility index (Phi) is 4.23. The number of aryl methyl sites for hydroxylation is 3. The lowest BCUT2D eigenvalue weighted by Crippen LogP contribution is -2.45. The largest absolute Gasteiger partial charge is 0.338 e. The first-order valence-electron chi connectivity index (χ1n) is 9.39. The van der Waals surface area contributed by atoms with Gasteiger partial charge in [-0.25, -0.2) is 9.50 Å². The summed E-state index contributed by atoms with van der Waals surface area (Å²) in [5.41, 5.74) is 4.04. The molecule has 2 aromatic heterocycles. The minimum absolute atomic E-state index is 0.0747. The smallest absolute Gasteiger partial charge is 0.259 e. The number of fused-ring (bicyclic) bond motifs is 1. The topological polar surface area (TPSA) is 62.5 Å². The van der Waals surface area contributed by atoms with Gasteiger partial charge in [0.1, 0.15) is 5.56 Å². The van der Waals surface area contributed by atoms with E-state index in [0.29, 0.717) is 17.3 Å². The van der Waals surface area contributed by atoms with Crippen LogP contribution in [0.15, 0.2) is 6.07 Å². The number of carbonyl (C=O) groups excluding carboxylic acids is 1. The number of likely N-dealkylation sites (tertiary alicyclic amines) is 1. The average Bonchev–Trinajstić information content (AvgIpc) is 3.35. The maximum absolute atomic E-state index is 13.1. The molecule has 25 heavy (non-hydrogen) atoms. The van der Waals surface area contributed by atoms with E-state index in [1.807, 2.05) is 31.7 Å². The van der Waals surface area contributed by atoms with Crippen molar-refractivity contribution >= 4 is 11.6 Å². The number of hydrogen-bond acceptors (Lipinski definition) is 4. The Morgan fingerprint density at radius 2 is 1.92 bits per heavy atom. The highest BCUT2D eigenvalue weighted by Crippen LogP contribution is 2.28. The van der Waals surface area contributed by atoms with Crippen molar-refractivity contribution in [3.8, 4) is 0 Å². The Balaban J connectivity index is 1.49. The molecule has 0 spiro atoms. The molecule has 4 rings (SSSR count). The van der Waals surface area contributed by atoms with Gasteiger partial charge in [-0.1, -0.05) is 0 Å². The summed E-state index contributed by atoms with van der Waals surface area (Å²) in [4.78, 5) is 19.7. The first kappa shape index (κ1) is 16.5. The molecule has 1 aliphatic carbocycles. The SMILES string of the molecule is Cc1cc(C)n2nc(C)c(C(=O)N3CCC(NCC4CC4)CC3)c2n1. The van der Waals surface area contributed by atoms with Crippen molar-refractivity contribution in [1.82, 2.24) is 24.8 Å². The lowest BCUT2D eigenvalue weighted by molar-refractivity contribution is 0.0706. The highest BCUT2D eigenvalue weighted by Gasteiger charge is 2.29. The summed E-state index contributed by atoms with van der Waals surface area (Å²) in [7, 11) is 0. The Bertz CT molecular complexity index is 800. The lowest BCUT2D eigenvalue weighted by Gasteiger charge is -2.32. The highest BCUT2D eigenvalue weighted by molar-refractivity contribution is 6.01. The summed E-state index contributed by atoms with van der Waals surface area (Å²) in [5, 5.41) is 8.20. The maximum atomic E-state index is 13.1. The van der Waals surface area contributed by atoms with Crippen molar-refractivity contribution in [1.29, 1.82) is 0 Å². The molecule has 1 N–H and O–H groups in total. The molecule has 1 aliphatic heterocycles. The van der Waals surface area contributed by atoms with Gasteiger partial charge in [-0.3, -0.25) is 4.79 Å². The van der Waals surface area contributed by atoms with Crippen molar-refractivity contribution in [2.45, 2.75) is 52.5 Å². The molecule has 1 saturated heterocycles. The fourth-order valence-electron chi connectivity index (χ4n) is 3.78. The van der Waals surface area contributed by atoms with Crippen LogP contribution in [0.1, 0.15) is 53.1 Å². The summed E-state index contributed by atoms with van der Waals surface area (Å²) in [6.45, 7) is 8.63. The van der Waals surface area contributed by atoms with Gasteiger partial charge < -0.3 is 10.2 Å². The van der Waals surface area contributed by atoms with E-state index in [0.717, 1.165) is 55.5 Å². The minimum atomic E-state index is 0.0747. The second-order valence-corrected chi connectivity index (χ2v) is 7.65. The summed E-state index contributed by atoms with van der Waals surface area (Å²) >= 11 is 0. The van der Waals surface area contributed by atoms with E-state index in [9.17, 15) is 4.79 Å². The summed E-state index contributed by atoms with van der Waals surface area (Å²) < 4.78 is 1.79. The maximum Gasteiger partial charge on any atom is 0.259 e. The third-order valence-corrected chi connectivity index (χ3v) is 5.46. The van der Waals surface area contributed by atoms with Gasteiger partial charge in [0.15, 0.2) is 5.65 Å². The zero-order valence-corrected chi connectivity index (χ0v) is 15.4. The predicted octanol–water partition coefficient (Wildman–Crippen LogP) is 2.26. The van der Waals surface area contributed by atoms with E-state index in [1.54, 1.807) is 4.52 Å². The number of rotatable bonds is 4. The molecule has 1 amide bonds. The number of aromatic nitrogens is 3. The van der Waals surface area contributed by atoms with Crippen LogP contribution in [0.2, 0.25) is 0 Å². The Morgan fingerprint density at radius 3 is 2.60 bits per heavy atom. The van der Waals surface area contributed by atoms with Crippen LogP contribution in [-0.4, -0.2) is 51.1 Å². The molecule has 0 radical (unpaired) electrons. The van der Waals surface area contributed by atoms with Crippen LogP contribution in [0, 0.1) is 26.7 Å². The quantitative estimate of drug-likeness (QED) is 0.926. The Hall–Kier alpha value is -1.95. The van der Waals surface area contributed by atoms with Crippen molar-refractivity contribution in [3.63, 3.8) is 0 Å². The minimum Gasteiger partial charge on any atom is -0.338 e. The number of nitrogens with zero attached hydrogens (tertiary/aromatic N) is 4. The monoisotopic (exact) mass is 341 g/mol. The van der Waals surface area contributed by atoms with Crippen LogP contribution in [0.4, 0.5) is 0 Å². The number of carbonyl (C=O) groups is 1. The zero-order chi connectivity index (χ0) is 17.6. The van der Waals surface area contributed by atoms with Crippen LogP contribution in [0.3, 0.4) is 0 Å². The third-order valence-electron chi connectivity index (χ3n) is 5.46. The third kappa shape index (κ3) is 3.27. The van der Waals surface area contributed by atoms with Crippen LogP contribution < -0.4 is 5.32 Å². The molecular formula is C19H27N5O. The predicted molar refractivity (Wildman–Crippen MR) is 96.9 cm³/mol. The first-order valence-corrected chi connectivity index (χ1v) is 9.39. The van der Waals surface area contributed by atoms with Gasteiger partial charge in [-0.05, 0) is 65.0 Å². The van der Waals surface area contributed by atoms with E-state index in [4.69, 9.17) is 0 Å². The fourth-order valence-corrected chi connectivity index (χ4v) is 3.78. The summed E-state index contributed by atoms with van der Waals surface area (Å²) in [5.74, 6) is 0.976. The van der Waals surface area contributed by atoms with E-state index in [-0.39, 0.29) is 5.91 Å². The summed E-state index contributed by atoms with van der Waals surface area (Å²) in [6.07, 6.45) is 4.82. The van der Waals surface area contributed by atoms with Gasteiger partial charge in [0.25, 0.3) is 5.91 Å². The first-order chi connectivity index (χ1) is 12.0. The molecule has 6 nitrogen and oxygen atoms in total. The van der Waals surface area contributed by atoms with Crippen molar-refractivity contribution in [3.05, 3.63) is 28.7 Å². The Morgan fingerprint density at radius 1 is 1.20 bits per heavy atom. The molecule has 3 heterocycles. The van der Waals surface area contributed by atoms with Gasteiger partial charge in [-0.2, -0.15) is 5.10 Å². The van der Waals surface area contributed by atoms with E-state index in [1.165, 1.54) is 12.8 Å². The van der Waals surface area contributed by atoms with Gasteiger partial charge in [-0.15, -0.1) is 0 Å². The van der Waals surface area contributed by atoms with Gasteiger partial charge in [0, 0.05) is 30.5 Å². The standard InChI is InChI=1S/C19H27N5O/c1-12-10-13(2)24-18(21-12)17(14(3)22-24)19(25)23-8-6-16(7-9-23)20-11-15-4-5-15/h10,15-16,20H,4-9,11H2,1-3H3. The van der Waals surface area contributed by atoms with Crippen LogP contribution in [0.5, 0.6) is 0 Å². The number of piperidine rings is 1. The molecule has 1 saturated carbocycles. The molecular weight excluding hydrogens is 314 g/mol. The molecule has 2 aliphatic rings. The number of nitrogens with one attached hydrogen (secondary N) is 1. The molecule has 0 unspecified atom stereocenters. The molecule has 0 bridgehead atoms. The van der Waals surface area contributed by atoms with Crippen LogP contribution >= 0.6 is 0 Å². The molecule has 6 heteroatoms. The molecule has 0 atom stereocenters. The van der Waals surface area contributed by atoms with E-state index >= 15 is 0 Å². The second-order valence-electron chi connectivity index (χ2n) is 7.65. The summed E-state index contributed by atoms with van der Waals surface area (Å²) in [6, 6.07) is 2.54. The molecule has 2 aromatic rings. The molecule has 0 aromatic carbocycles. The zero-order valence-electron chi connectivity index (χ0n) is 15.4. The van der Waals surface area contributed by atoms with Gasteiger partial charge in [0.2, 0.25) is 0 Å². The average molecular weight is 341 g/mol. The Labute approximate surface area is 148 Å². The van der Waals surface area contributed by atoms with Crippen LogP contribution in [0.25, 0.3) is 5.65 Å².